The van der Waals surface area contributed by atoms with Crippen LogP contribution in [0.5, 0.6) is 0 Å². The number of hydrogen-bond acceptors (Lipinski definition) is 4. The fourth-order valence-corrected chi connectivity index (χ4v) is 2.92. The highest BCUT2D eigenvalue weighted by molar-refractivity contribution is 5.84. The minimum absolute atomic E-state index is 0.0333. The van der Waals surface area contributed by atoms with Gasteiger partial charge in [-0.05, 0) is 24.8 Å². The van der Waals surface area contributed by atoms with Crippen LogP contribution in [0.3, 0.4) is 0 Å². The number of fused-ring (bicyclic) bond motifs is 1. The molecule has 6 nitrogen and oxygen atoms in total. The summed E-state index contributed by atoms with van der Waals surface area (Å²) in [6, 6.07) is 3.43. The average molecular weight is 264 g/mol. The molecular weight excluding hydrogens is 248 g/mol. The van der Waals surface area contributed by atoms with E-state index in [2.05, 4.69) is 10.2 Å². The number of carboxylic acid groups (broad SMARTS) is 1. The van der Waals surface area contributed by atoms with Crippen LogP contribution in [0.1, 0.15) is 29.8 Å². The molecule has 2 atom stereocenters. The van der Waals surface area contributed by atoms with E-state index in [1.54, 1.807) is 6.07 Å². The second kappa shape index (κ2) is 4.60. The van der Waals surface area contributed by atoms with E-state index in [-0.39, 0.29) is 17.7 Å². The Morgan fingerprint density at radius 2 is 2.26 bits per heavy atom. The Morgan fingerprint density at radius 1 is 1.42 bits per heavy atom. The van der Waals surface area contributed by atoms with Gasteiger partial charge in [0, 0.05) is 31.6 Å². The molecule has 0 radical (unpaired) electrons. The van der Waals surface area contributed by atoms with Crippen LogP contribution < -0.4 is 10.2 Å². The van der Waals surface area contributed by atoms with E-state index in [0.29, 0.717) is 18.2 Å². The number of carboxylic acids is 1. The number of carbonyl (C=O) groups excluding carboxylic acids is 1. The van der Waals surface area contributed by atoms with Gasteiger partial charge in [0.2, 0.25) is 11.7 Å². The zero-order chi connectivity index (χ0) is 13.4. The van der Waals surface area contributed by atoms with E-state index in [9.17, 15) is 9.59 Å². The lowest BCUT2D eigenvalue weighted by atomic mass is 9.85. The van der Waals surface area contributed by atoms with E-state index < -0.39 is 5.97 Å². The van der Waals surface area contributed by atoms with Crippen LogP contribution in [0.2, 0.25) is 0 Å². The molecule has 2 unspecified atom stereocenters. The summed E-state index contributed by atoms with van der Waals surface area (Å²) in [5.74, 6) is 0.0820. The number of rotatable bonds is 2. The second-order valence-electron chi connectivity index (χ2n) is 5.15. The fraction of sp³-hybridized carbons (Fsp3) is 0.538. The quantitative estimate of drug-likeness (QED) is 0.835. The lowest BCUT2D eigenvalue weighted by Gasteiger charge is -2.41. The van der Waals surface area contributed by atoms with Crippen LogP contribution in [-0.4, -0.2) is 36.1 Å². The van der Waals surface area contributed by atoms with Crippen molar-refractivity contribution in [3.8, 4) is 0 Å². The van der Waals surface area contributed by atoms with E-state index in [0.717, 1.165) is 25.9 Å². The van der Waals surface area contributed by atoms with Crippen LogP contribution in [0, 0.1) is 5.92 Å². The molecule has 1 amide bonds. The molecule has 1 aromatic rings. The maximum Gasteiger partial charge on any atom is 0.371 e. The second-order valence-corrected chi connectivity index (χ2v) is 5.15. The van der Waals surface area contributed by atoms with Crippen molar-refractivity contribution in [3.05, 3.63) is 17.9 Å². The van der Waals surface area contributed by atoms with Crippen molar-refractivity contribution in [2.45, 2.75) is 25.3 Å². The summed E-state index contributed by atoms with van der Waals surface area (Å²) in [6.07, 6.45) is 2.34. The summed E-state index contributed by atoms with van der Waals surface area (Å²) in [6.45, 7) is 1.57. The SMILES string of the molecule is O=C1CCC2CN(c3ccc(C(=O)O)o3)CCC2N1. The van der Waals surface area contributed by atoms with E-state index >= 15 is 0 Å². The molecule has 102 valence electrons. The topological polar surface area (TPSA) is 82.8 Å². The van der Waals surface area contributed by atoms with E-state index in [4.69, 9.17) is 9.52 Å². The molecule has 3 heterocycles. The number of nitrogens with one attached hydrogen (secondary N) is 1. The monoisotopic (exact) mass is 264 g/mol. The molecule has 1 aromatic heterocycles. The Balaban J connectivity index is 1.70. The Morgan fingerprint density at radius 3 is 3.00 bits per heavy atom. The highest BCUT2D eigenvalue weighted by atomic mass is 16.4. The van der Waals surface area contributed by atoms with Crippen molar-refractivity contribution in [2.75, 3.05) is 18.0 Å². The van der Waals surface area contributed by atoms with Gasteiger partial charge in [0.15, 0.2) is 5.88 Å². The van der Waals surface area contributed by atoms with Crippen molar-refractivity contribution in [1.82, 2.24) is 5.32 Å². The molecule has 6 heteroatoms. The van der Waals surface area contributed by atoms with Gasteiger partial charge in [-0.15, -0.1) is 0 Å². The number of nitrogens with zero attached hydrogens (tertiary/aromatic N) is 1. The molecule has 2 saturated heterocycles. The average Bonchev–Trinajstić information content (AvgIpc) is 2.88. The minimum Gasteiger partial charge on any atom is -0.475 e. The predicted molar refractivity (Wildman–Crippen MR) is 67.2 cm³/mol. The summed E-state index contributed by atoms with van der Waals surface area (Å²) in [7, 11) is 0. The first kappa shape index (κ1) is 12.1. The lowest BCUT2D eigenvalue weighted by Crippen LogP contribution is -2.54. The first-order valence-electron chi connectivity index (χ1n) is 6.51. The number of amides is 1. The van der Waals surface area contributed by atoms with Gasteiger partial charge in [-0.3, -0.25) is 4.79 Å². The number of anilines is 1. The first-order valence-corrected chi connectivity index (χ1v) is 6.51. The van der Waals surface area contributed by atoms with Gasteiger partial charge >= 0.3 is 5.97 Å². The normalized spacial score (nSPS) is 26.7. The Labute approximate surface area is 110 Å². The minimum atomic E-state index is -1.05. The third-order valence-corrected chi connectivity index (χ3v) is 3.94. The highest BCUT2D eigenvalue weighted by Crippen LogP contribution is 2.29. The number of aromatic carboxylic acids is 1. The summed E-state index contributed by atoms with van der Waals surface area (Å²) in [4.78, 5) is 24.2. The number of hydrogen-bond donors (Lipinski definition) is 2. The van der Waals surface area contributed by atoms with Gasteiger partial charge in [-0.1, -0.05) is 0 Å². The predicted octanol–water partition coefficient (Wildman–Crippen LogP) is 1.08. The zero-order valence-corrected chi connectivity index (χ0v) is 10.5. The van der Waals surface area contributed by atoms with Gasteiger partial charge in [0.25, 0.3) is 0 Å². The van der Waals surface area contributed by atoms with Crippen LogP contribution in [0.25, 0.3) is 0 Å². The van der Waals surface area contributed by atoms with Crippen molar-refractivity contribution in [3.63, 3.8) is 0 Å². The molecule has 2 aliphatic rings. The molecule has 3 rings (SSSR count). The first-order chi connectivity index (χ1) is 9.13. The van der Waals surface area contributed by atoms with Crippen molar-refractivity contribution < 1.29 is 19.1 Å². The Bertz CT molecular complexity index is 510. The van der Waals surface area contributed by atoms with E-state index in [1.165, 1.54) is 6.07 Å². The maximum absolute atomic E-state index is 11.3. The number of carbonyl (C=O) groups is 2. The largest absolute Gasteiger partial charge is 0.475 e. The Kier molecular flexibility index (Phi) is 2.93. The van der Waals surface area contributed by atoms with Crippen LogP contribution >= 0.6 is 0 Å². The van der Waals surface area contributed by atoms with Crippen LogP contribution in [0.15, 0.2) is 16.5 Å². The van der Waals surface area contributed by atoms with Crippen molar-refractivity contribution in [2.24, 2.45) is 5.92 Å². The summed E-state index contributed by atoms with van der Waals surface area (Å²) in [5.41, 5.74) is 0. The third-order valence-electron chi connectivity index (χ3n) is 3.94. The van der Waals surface area contributed by atoms with Crippen LogP contribution in [-0.2, 0) is 4.79 Å². The van der Waals surface area contributed by atoms with Crippen molar-refractivity contribution in [1.29, 1.82) is 0 Å². The number of furan rings is 1. The third kappa shape index (κ3) is 2.30. The zero-order valence-electron chi connectivity index (χ0n) is 10.5. The standard InChI is InChI=1S/C13H16N2O4/c16-11-3-1-8-7-15(6-5-9(8)14-11)12-4-2-10(19-12)13(17)18/h2,4,8-9H,1,3,5-7H2,(H,14,16)(H,17,18). The molecule has 2 aliphatic heterocycles. The van der Waals surface area contributed by atoms with E-state index in [1.807, 2.05) is 0 Å². The van der Waals surface area contributed by atoms with Crippen LogP contribution in [0.4, 0.5) is 5.88 Å². The molecule has 0 spiro atoms. The lowest BCUT2D eigenvalue weighted by molar-refractivity contribution is -0.124. The summed E-state index contributed by atoms with van der Waals surface area (Å²) < 4.78 is 5.32. The molecule has 2 fully saturated rings. The molecule has 0 aliphatic carbocycles. The molecule has 19 heavy (non-hydrogen) atoms. The molecule has 0 aromatic carbocycles. The highest BCUT2D eigenvalue weighted by Gasteiger charge is 2.34. The fourth-order valence-electron chi connectivity index (χ4n) is 2.92. The maximum atomic E-state index is 11.3. The van der Waals surface area contributed by atoms with Gasteiger partial charge in [-0.25, -0.2) is 4.79 Å². The van der Waals surface area contributed by atoms with Gasteiger partial charge in [0.1, 0.15) is 0 Å². The summed E-state index contributed by atoms with van der Waals surface area (Å²) in [5, 5.41) is 11.9. The van der Waals surface area contributed by atoms with Crippen molar-refractivity contribution >= 4 is 17.8 Å². The smallest absolute Gasteiger partial charge is 0.371 e. The number of piperidine rings is 2. The van der Waals surface area contributed by atoms with Gasteiger partial charge in [-0.2, -0.15) is 0 Å². The summed E-state index contributed by atoms with van der Waals surface area (Å²) >= 11 is 0. The molecule has 2 N–H and O–H groups in total. The molecule has 0 bridgehead atoms. The molecular formula is C13H16N2O4. The Hall–Kier alpha value is -1.98. The van der Waals surface area contributed by atoms with Gasteiger partial charge in [0.05, 0.1) is 0 Å². The molecule has 0 saturated carbocycles. The van der Waals surface area contributed by atoms with Gasteiger partial charge < -0.3 is 19.7 Å².